The van der Waals surface area contributed by atoms with Crippen LogP contribution in [-0.4, -0.2) is 46.0 Å². The highest BCUT2D eigenvalue weighted by Gasteiger charge is 2.29. The van der Waals surface area contributed by atoms with Gasteiger partial charge < -0.3 is 9.84 Å². The Morgan fingerprint density at radius 2 is 1.97 bits per heavy atom. The molecule has 160 valence electrons. The van der Waals surface area contributed by atoms with E-state index in [1.165, 1.54) is 7.05 Å². The summed E-state index contributed by atoms with van der Waals surface area (Å²) in [6, 6.07) is 6.97. The molecule has 1 amide bonds. The monoisotopic (exact) mass is 470 g/mol. The van der Waals surface area contributed by atoms with Gasteiger partial charge in [0.25, 0.3) is 10.0 Å². The molecule has 0 spiro atoms. The molecular weight excluding hydrogens is 452 g/mol. The first-order chi connectivity index (χ1) is 14.0. The average Bonchev–Trinajstić information content (AvgIpc) is 3.31. The predicted octanol–water partition coefficient (Wildman–Crippen LogP) is 3.05. The molecule has 1 N–H and O–H groups in total. The van der Waals surface area contributed by atoms with Gasteiger partial charge in [0.05, 0.1) is 11.6 Å². The Balaban J connectivity index is 1.73. The molecule has 1 aromatic carbocycles. The molecular formula is C17H19ClN6O4S2. The van der Waals surface area contributed by atoms with E-state index in [0.717, 1.165) is 15.6 Å². The van der Waals surface area contributed by atoms with Crippen LogP contribution in [0.25, 0.3) is 11.4 Å². The van der Waals surface area contributed by atoms with Crippen LogP contribution in [0.4, 0.5) is 5.13 Å². The number of anilines is 1. The maximum atomic E-state index is 12.8. The lowest BCUT2D eigenvalue weighted by atomic mass is 9.96. The highest BCUT2D eigenvalue weighted by molar-refractivity contribution is 7.91. The van der Waals surface area contributed by atoms with E-state index in [9.17, 15) is 13.2 Å². The zero-order valence-corrected chi connectivity index (χ0v) is 19.0. The summed E-state index contributed by atoms with van der Waals surface area (Å²) >= 11 is 6.88. The van der Waals surface area contributed by atoms with E-state index >= 15 is 0 Å². The first-order valence-electron chi connectivity index (χ1n) is 8.67. The molecule has 3 rings (SSSR count). The molecule has 0 aliphatic rings. The summed E-state index contributed by atoms with van der Waals surface area (Å²) < 4.78 is 31.4. The van der Waals surface area contributed by atoms with Crippen molar-refractivity contribution in [3.05, 3.63) is 35.2 Å². The molecule has 2 heterocycles. The number of aromatic nitrogens is 4. The van der Waals surface area contributed by atoms with Gasteiger partial charge in [0.1, 0.15) is 0 Å². The van der Waals surface area contributed by atoms with Crippen LogP contribution in [0.5, 0.6) is 0 Å². The minimum Gasteiger partial charge on any atom is -0.338 e. The van der Waals surface area contributed by atoms with Crippen LogP contribution in [-0.2, 0) is 21.4 Å². The molecule has 0 bridgehead atoms. The van der Waals surface area contributed by atoms with E-state index in [1.54, 1.807) is 45.0 Å². The van der Waals surface area contributed by atoms with Crippen molar-refractivity contribution in [2.45, 2.75) is 31.7 Å². The summed E-state index contributed by atoms with van der Waals surface area (Å²) in [4.78, 5) is 16.2. The Kier molecular flexibility index (Phi) is 6.22. The van der Waals surface area contributed by atoms with Gasteiger partial charge in [-0.25, -0.2) is 8.42 Å². The average molecular weight is 471 g/mol. The number of sulfonamides is 1. The van der Waals surface area contributed by atoms with Gasteiger partial charge in [-0.1, -0.05) is 61.0 Å². The van der Waals surface area contributed by atoms with Gasteiger partial charge in [-0.05, 0) is 12.1 Å². The highest BCUT2D eigenvalue weighted by atomic mass is 35.5. The SMILES string of the molecule is CN(Cc1nc(-c2ccccc2Cl)no1)S(=O)(=O)c1nnc(NC(=O)C(C)(C)C)s1. The standard InChI is InChI=1S/C17H19ClN6O4S2/c1-17(2,3)14(25)20-15-21-22-16(29-15)30(26,27)24(4)9-12-19-13(23-28-12)10-7-5-6-8-11(10)18/h5-8H,9H2,1-4H3,(H,20,21,25). The fourth-order valence-corrected chi connectivity index (χ4v) is 4.55. The first-order valence-corrected chi connectivity index (χ1v) is 11.3. The van der Waals surface area contributed by atoms with Crippen molar-refractivity contribution in [2.24, 2.45) is 5.41 Å². The molecule has 0 saturated carbocycles. The molecule has 0 radical (unpaired) electrons. The Bertz CT molecular complexity index is 1170. The maximum Gasteiger partial charge on any atom is 0.272 e. The number of carbonyl (C=O) groups is 1. The zero-order valence-electron chi connectivity index (χ0n) is 16.6. The quantitative estimate of drug-likeness (QED) is 0.543. The fraction of sp³-hybridized carbons (Fsp3) is 0.353. The predicted molar refractivity (Wildman–Crippen MR) is 111 cm³/mol. The molecule has 0 aliphatic carbocycles. The zero-order chi connectivity index (χ0) is 22.1. The van der Waals surface area contributed by atoms with Crippen LogP contribution in [0.1, 0.15) is 26.7 Å². The molecule has 0 atom stereocenters. The van der Waals surface area contributed by atoms with Crippen LogP contribution in [0, 0.1) is 5.41 Å². The molecule has 10 nitrogen and oxygen atoms in total. The third kappa shape index (κ3) is 4.83. The van der Waals surface area contributed by atoms with Crippen molar-refractivity contribution in [3.63, 3.8) is 0 Å². The second-order valence-corrected chi connectivity index (χ2v) is 10.9. The van der Waals surface area contributed by atoms with Gasteiger partial charge in [0.15, 0.2) is 0 Å². The number of rotatable bonds is 6. The van der Waals surface area contributed by atoms with E-state index in [-0.39, 0.29) is 33.6 Å². The Morgan fingerprint density at radius 1 is 1.27 bits per heavy atom. The van der Waals surface area contributed by atoms with Crippen molar-refractivity contribution >= 4 is 44.0 Å². The number of halogens is 1. The Hall–Kier alpha value is -2.41. The Labute approximate surface area is 182 Å². The highest BCUT2D eigenvalue weighted by Crippen LogP contribution is 2.27. The number of carbonyl (C=O) groups excluding carboxylic acids is 1. The van der Waals surface area contributed by atoms with Crippen LogP contribution in [0.15, 0.2) is 33.1 Å². The normalized spacial score (nSPS) is 12.3. The second-order valence-electron chi connectivity index (χ2n) is 7.33. The van der Waals surface area contributed by atoms with Gasteiger partial charge in [0, 0.05) is 18.0 Å². The number of nitrogens with one attached hydrogen (secondary N) is 1. The van der Waals surface area contributed by atoms with E-state index in [0.29, 0.717) is 10.6 Å². The third-order valence-corrected chi connectivity index (χ3v) is 7.20. The van der Waals surface area contributed by atoms with Gasteiger partial charge in [-0.2, -0.15) is 9.29 Å². The van der Waals surface area contributed by atoms with E-state index in [2.05, 4.69) is 25.7 Å². The van der Waals surface area contributed by atoms with Crippen molar-refractivity contribution < 1.29 is 17.7 Å². The third-order valence-electron chi connectivity index (χ3n) is 3.88. The van der Waals surface area contributed by atoms with Gasteiger partial charge in [0.2, 0.25) is 27.1 Å². The summed E-state index contributed by atoms with van der Waals surface area (Å²) in [6.07, 6.45) is 0. The largest absolute Gasteiger partial charge is 0.338 e. The minimum atomic E-state index is -3.98. The molecule has 0 unspecified atom stereocenters. The van der Waals surface area contributed by atoms with Gasteiger partial charge in [-0.3, -0.25) is 4.79 Å². The summed E-state index contributed by atoms with van der Waals surface area (Å²) in [6.45, 7) is 5.02. The van der Waals surface area contributed by atoms with Crippen LogP contribution in [0.2, 0.25) is 5.02 Å². The molecule has 30 heavy (non-hydrogen) atoms. The van der Waals surface area contributed by atoms with Gasteiger partial charge >= 0.3 is 0 Å². The van der Waals surface area contributed by atoms with E-state index in [4.69, 9.17) is 16.1 Å². The number of hydrogen-bond acceptors (Lipinski definition) is 9. The molecule has 0 saturated heterocycles. The summed E-state index contributed by atoms with van der Waals surface area (Å²) in [5, 5.41) is 14.4. The number of nitrogens with zero attached hydrogens (tertiary/aromatic N) is 5. The number of benzene rings is 1. The lowest BCUT2D eigenvalue weighted by Crippen LogP contribution is -2.27. The molecule has 13 heteroatoms. The first kappa shape index (κ1) is 22.3. The minimum absolute atomic E-state index is 0.0850. The Morgan fingerprint density at radius 3 is 2.63 bits per heavy atom. The fourth-order valence-electron chi connectivity index (χ4n) is 2.13. The maximum absolute atomic E-state index is 12.8. The smallest absolute Gasteiger partial charge is 0.272 e. The van der Waals surface area contributed by atoms with Crippen LogP contribution < -0.4 is 5.32 Å². The van der Waals surface area contributed by atoms with Crippen LogP contribution >= 0.6 is 22.9 Å². The molecule has 2 aromatic heterocycles. The molecule has 0 fully saturated rings. The van der Waals surface area contributed by atoms with Crippen molar-refractivity contribution in [3.8, 4) is 11.4 Å². The van der Waals surface area contributed by atoms with Crippen molar-refractivity contribution in [2.75, 3.05) is 12.4 Å². The topological polar surface area (TPSA) is 131 Å². The molecule has 3 aromatic rings. The molecule has 0 aliphatic heterocycles. The lowest BCUT2D eigenvalue weighted by Gasteiger charge is -2.15. The lowest BCUT2D eigenvalue weighted by molar-refractivity contribution is -0.123. The van der Waals surface area contributed by atoms with Crippen LogP contribution in [0.3, 0.4) is 0 Å². The summed E-state index contributed by atoms with van der Waals surface area (Å²) in [5.74, 6) is 0.0418. The summed E-state index contributed by atoms with van der Waals surface area (Å²) in [7, 11) is -2.63. The van der Waals surface area contributed by atoms with E-state index < -0.39 is 15.4 Å². The van der Waals surface area contributed by atoms with Crippen molar-refractivity contribution in [1.29, 1.82) is 0 Å². The van der Waals surface area contributed by atoms with Gasteiger partial charge in [-0.15, -0.1) is 10.2 Å². The summed E-state index contributed by atoms with van der Waals surface area (Å²) in [5.41, 5.74) is -0.0817. The van der Waals surface area contributed by atoms with E-state index in [1.807, 2.05) is 0 Å². The van der Waals surface area contributed by atoms with Crippen molar-refractivity contribution in [1.82, 2.24) is 24.6 Å². The second kappa shape index (κ2) is 8.38. The number of hydrogen-bond donors (Lipinski definition) is 1. The number of amides is 1.